The zero-order valence-electron chi connectivity index (χ0n) is 19.2. The van der Waals surface area contributed by atoms with Gasteiger partial charge in [0.1, 0.15) is 0 Å². The molecule has 0 bridgehead atoms. The van der Waals surface area contributed by atoms with E-state index in [4.69, 9.17) is 26.5 Å². The SMILES string of the molecule is CCOc1cc(C=C2C(=N)N3N=C(S(C)(=O)=O)SC3=NC2=O)cc(Cl)c1OC(=O)c1cccc(C)c1. The van der Waals surface area contributed by atoms with Gasteiger partial charge in [-0.2, -0.15) is 10.0 Å². The van der Waals surface area contributed by atoms with Crippen molar-refractivity contribution in [3.8, 4) is 11.5 Å². The van der Waals surface area contributed by atoms with Crippen molar-refractivity contribution < 1.29 is 27.5 Å². The quantitative estimate of drug-likeness (QED) is 0.338. The number of benzene rings is 2. The lowest BCUT2D eigenvalue weighted by Gasteiger charge is -2.20. The summed E-state index contributed by atoms with van der Waals surface area (Å²) in [6.45, 7) is 3.83. The summed E-state index contributed by atoms with van der Waals surface area (Å²) in [6.07, 6.45) is 2.33. The number of aliphatic imine (C=N–C) groups is 1. The van der Waals surface area contributed by atoms with Gasteiger partial charge in [-0.05, 0) is 61.5 Å². The first-order chi connectivity index (χ1) is 17.0. The summed E-state index contributed by atoms with van der Waals surface area (Å²) >= 11 is 7.12. The van der Waals surface area contributed by atoms with Gasteiger partial charge in [-0.25, -0.2) is 13.2 Å². The molecule has 10 nitrogen and oxygen atoms in total. The second kappa shape index (κ2) is 9.88. The molecule has 0 aliphatic carbocycles. The molecule has 2 aromatic rings. The van der Waals surface area contributed by atoms with E-state index >= 15 is 0 Å². The van der Waals surface area contributed by atoms with Crippen LogP contribution in [0.3, 0.4) is 0 Å². The average Bonchev–Trinajstić information content (AvgIpc) is 3.24. The number of nitrogens with one attached hydrogen (secondary N) is 1. The molecule has 0 saturated heterocycles. The van der Waals surface area contributed by atoms with Gasteiger partial charge < -0.3 is 9.47 Å². The number of aryl methyl sites for hydroxylation is 1. The van der Waals surface area contributed by atoms with E-state index < -0.39 is 21.7 Å². The van der Waals surface area contributed by atoms with Crippen molar-refractivity contribution in [3.63, 3.8) is 0 Å². The Morgan fingerprint density at radius 2 is 2.03 bits per heavy atom. The standard InChI is InChI=1S/C23H19ClN4O6S2/c1-4-33-17-11-13(10-16(24)18(17)34-21(30)14-7-5-6-12(2)8-14)9-15-19(25)28-22(26-20(15)29)35-23(27-28)36(3,31)32/h5-11,25H,4H2,1-3H3. The van der Waals surface area contributed by atoms with Crippen LogP contribution in [0, 0.1) is 12.3 Å². The van der Waals surface area contributed by atoms with Crippen molar-refractivity contribution in [2.24, 2.45) is 10.1 Å². The number of nitrogens with zero attached hydrogens (tertiary/aromatic N) is 3. The summed E-state index contributed by atoms with van der Waals surface area (Å²) in [5, 5.41) is 13.3. The molecule has 0 radical (unpaired) electrons. The Morgan fingerprint density at radius 1 is 1.28 bits per heavy atom. The molecule has 36 heavy (non-hydrogen) atoms. The molecule has 13 heteroatoms. The number of esters is 1. The number of ether oxygens (including phenoxy) is 2. The van der Waals surface area contributed by atoms with Crippen LogP contribution < -0.4 is 9.47 Å². The summed E-state index contributed by atoms with van der Waals surface area (Å²) in [7, 11) is -3.65. The van der Waals surface area contributed by atoms with Crippen LogP contribution in [0.25, 0.3) is 6.08 Å². The van der Waals surface area contributed by atoms with E-state index in [1.165, 1.54) is 18.2 Å². The molecule has 1 N–H and O–H groups in total. The first kappa shape index (κ1) is 25.6. The third-order valence-electron chi connectivity index (χ3n) is 4.84. The number of hydrazone groups is 1. The minimum atomic E-state index is -3.65. The van der Waals surface area contributed by atoms with Crippen molar-refractivity contribution in [1.82, 2.24) is 5.01 Å². The summed E-state index contributed by atoms with van der Waals surface area (Å²) in [4.78, 5) is 29.2. The lowest BCUT2D eigenvalue weighted by molar-refractivity contribution is -0.114. The highest BCUT2D eigenvalue weighted by Gasteiger charge is 2.38. The molecule has 4 rings (SSSR count). The number of amides is 1. The summed E-state index contributed by atoms with van der Waals surface area (Å²) in [6, 6.07) is 9.83. The van der Waals surface area contributed by atoms with E-state index in [-0.39, 0.29) is 44.1 Å². The van der Waals surface area contributed by atoms with Crippen LogP contribution in [-0.2, 0) is 14.6 Å². The number of carbonyl (C=O) groups is 2. The van der Waals surface area contributed by atoms with Crippen molar-refractivity contribution >= 4 is 66.5 Å². The van der Waals surface area contributed by atoms with Crippen LogP contribution in [0.5, 0.6) is 11.5 Å². The van der Waals surface area contributed by atoms with Gasteiger partial charge in [0.05, 0.1) is 22.8 Å². The van der Waals surface area contributed by atoms with Crippen molar-refractivity contribution in [2.45, 2.75) is 13.8 Å². The fourth-order valence-corrected chi connectivity index (χ4v) is 5.19. The van der Waals surface area contributed by atoms with Gasteiger partial charge in [0.15, 0.2) is 17.3 Å². The van der Waals surface area contributed by atoms with Gasteiger partial charge in [-0.15, -0.1) is 5.10 Å². The molecular weight excluding hydrogens is 528 g/mol. The van der Waals surface area contributed by atoms with Crippen molar-refractivity contribution in [2.75, 3.05) is 12.9 Å². The van der Waals surface area contributed by atoms with E-state index in [1.807, 2.05) is 13.0 Å². The third-order valence-corrected chi connectivity index (χ3v) is 7.70. The summed E-state index contributed by atoms with van der Waals surface area (Å²) in [5.74, 6) is -1.54. The molecule has 0 saturated carbocycles. The number of hydrogen-bond acceptors (Lipinski definition) is 9. The van der Waals surface area contributed by atoms with E-state index in [9.17, 15) is 18.0 Å². The number of sulfone groups is 1. The highest BCUT2D eigenvalue weighted by molar-refractivity contribution is 8.42. The van der Waals surface area contributed by atoms with Gasteiger partial charge >= 0.3 is 5.97 Å². The Labute approximate surface area is 216 Å². The van der Waals surface area contributed by atoms with Gasteiger partial charge in [0.2, 0.25) is 19.4 Å². The number of rotatable bonds is 5. The van der Waals surface area contributed by atoms with E-state index in [1.54, 1.807) is 25.1 Å². The summed E-state index contributed by atoms with van der Waals surface area (Å²) < 4.78 is 34.5. The number of hydrogen-bond donors (Lipinski definition) is 1. The van der Waals surface area contributed by atoms with Crippen LogP contribution in [0.1, 0.15) is 28.4 Å². The minimum absolute atomic E-state index is 0.0101. The van der Waals surface area contributed by atoms with Crippen LogP contribution >= 0.6 is 23.4 Å². The van der Waals surface area contributed by atoms with Crippen LogP contribution in [-0.4, -0.2) is 53.5 Å². The van der Waals surface area contributed by atoms with Crippen LogP contribution in [0.15, 0.2) is 52.1 Å². The monoisotopic (exact) mass is 546 g/mol. The molecule has 0 unspecified atom stereocenters. The van der Waals surface area contributed by atoms with Gasteiger partial charge in [0, 0.05) is 6.26 Å². The molecule has 2 aromatic carbocycles. The van der Waals surface area contributed by atoms with Crippen LogP contribution in [0.2, 0.25) is 5.02 Å². The highest BCUT2D eigenvalue weighted by atomic mass is 35.5. The first-order valence-corrected chi connectivity index (χ1v) is 13.5. The van der Waals surface area contributed by atoms with E-state index in [0.717, 1.165) is 16.8 Å². The molecule has 0 spiro atoms. The molecule has 2 aliphatic rings. The Morgan fingerprint density at radius 3 is 2.69 bits per heavy atom. The normalized spacial score (nSPS) is 16.6. The fourth-order valence-electron chi connectivity index (χ4n) is 3.25. The average molecular weight is 547 g/mol. The number of amidine groups is 2. The number of halogens is 1. The number of thioether (sulfide) groups is 1. The van der Waals surface area contributed by atoms with Crippen molar-refractivity contribution in [3.05, 3.63) is 63.7 Å². The number of fused-ring (bicyclic) bond motifs is 1. The maximum atomic E-state index is 12.7. The van der Waals surface area contributed by atoms with E-state index in [0.29, 0.717) is 22.9 Å². The summed E-state index contributed by atoms with van der Waals surface area (Å²) in [5.41, 5.74) is 1.45. The Balaban J connectivity index is 1.68. The molecule has 2 heterocycles. The van der Waals surface area contributed by atoms with Gasteiger partial charge in [-0.1, -0.05) is 29.3 Å². The Bertz CT molecular complexity index is 1510. The molecule has 186 valence electrons. The minimum Gasteiger partial charge on any atom is -0.490 e. The Kier molecular flexibility index (Phi) is 7.03. The number of carbonyl (C=O) groups excluding carboxylic acids is 2. The molecular formula is C23H19ClN4O6S2. The second-order valence-corrected chi connectivity index (χ2v) is 11.2. The highest BCUT2D eigenvalue weighted by Crippen LogP contribution is 2.38. The largest absolute Gasteiger partial charge is 0.490 e. The molecule has 2 aliphatic heterocycles. The molecule has 0 aromatic heterocycles. The van der Waals surface area contributed by atoms with Gasteiger partial charge in [0.25, 0.3) is 5.91 Å². The van der Waals surface area contributed by atoms with E-state index in [2.05, 4.69) is 10.1 Å². The fraction of sp³-hybridized carbons (Fsp3) is 0.174. The predicted octanol–water partition coefficient (Wildman–Crippen LogP) is 3.89. The van der Waals surface area contributed by atoms with Crippen molar-refractivity contribution in [1.29, 1.82) is 5.41 Å². The Hall–Kier alpha value is -3.48. The zero-order chi connectivity index (χ0) is 26.2. The molecule has 0 fully saturated rings. The zero-order valence-corrected chi connectivity index (χ0v) is 21.6. The maximum absolute atomic E-state index is 12.7. The lowest BCUT2D eigenvalue weighted by atomic mass is 10.1. The third kappa shape index (κ3) is 5.20. The second-order valence-electron chi connectivity index (χ2n) is 7.68. The molecule has 0 atom stereocenters. The topological polar surface area (TPSA) is 139 Å². The predicted molar refractivity (Wildman–Crippen MR) is 139 cm³/mol. The smallest absolute Gasteiger partial charge is 0.343 e. The first-order valence-electron chi connectivity index (χ1n) is 10.4. The maximum Gasteiger partial charge on any atom is 0.343 e. The molecule has 1 amide bonds. The van der Waals surface area contributed by atoms with Crippen LogP contribution in [0.4, 0.5) is 0 Å². The van der Waals surface area contributed by atoms with Gasteiger partial charge in [-0.3, -0.25) is 10.2 Å². The lowest BCUT2D eigenvalue weighted by Crippen LogP contribution is -2.35.